The maximum atomic E-state index is 12.8. The largest absolute Gasteiger partial charge is 0.490 e. The molecular formula is C26H26N2O3S. The van der Waals surface area contributed by atoms with Gasteiger partial charge in [0, 0.05) is 10.4 Å². The smallest absolute Gasteiger partial charge is 0.260 e. The molecule has 0 radical (unpaired) electrons. The van der Waals surface area contributed by atoms with Gasteiger partial charge in [0.1, 0.15) is 35.4 Å². The summed E-state index contributed by atoms with van der Waals surface area (Å²) in [6, 6.07) is 13.7. The highest BCUT2D eigenvalue weighted by Crippen LogP contribution is 2.34. The first-order chi connectivity index (χ1) is 15.6. The minimum Gasteiger partial charge on any atom is -0.490 e. The van der Waals surface area contributed by atoms with Gasteiger partial charge in [0.05, 0.1) is 5.39 Å². The van der Waals surface area contributed by atoms with E-state index < -0.39 is 0 Å². The molecule has 0 fully saturated rings. The molecule has 4 aromatic rings. The molecule has 0 amide bonds. The van der Waals surface area contributed by atoms with E-state index in [1.54, 1.807) is 11.3 Å². The van der Waals surface area contributed by atoms with Gasteiger partial charge in [-0.05, 0) is 92.6 Å². The summed E-state index contributed by atoms with van der Waals surface area (Å²) in [7, 11) is 0. The fraction of sp³-hybridized carbons (Fsp3) is 0.308. The quantitative estimate of drug-likeness (QED) is 0.391. The fourth-order valence-corrected chi connectivity index (χ4v) is 5.39. The first-order valence-corrected chi connectivity index (χ1v) is 11.9. The van der Waals surface area contributed by atoms with Gasteiger partial charge in [0.2, 0.25) is 0 Å². The number of aromatic nitrogens is 2. The van der Waals surface area contributed by atoms with Gasteiger partial charge in [0.25, 0.3) is 5.56 Å². The van der Waals surface area contributed by atoms with Gasteiger partial charge in [-0.1, -0.05) is 6.07 Å². The Morgan fingerprint density at radius 1 is 0.938 bits per heavy atom. The number of ether oxygens (including phenoxy) is 2. The Hall–Kier alpha value is -3.12. The zero-order valence-corrected chi connectivity index (χ0v) is 19.2. The molecule has 1 aliphatic rings. The van der Waals surface area contributed by atoms with Crippen LogP contribution in [0.25, 0.3) is 21.6 Å². The monoisotopic (exact) mass is 446 g/mol. The van der Waals surface area contributed by atoms with Crippen LogP contribution in [0.1, 0.15) is 34.4 Å². The van der Waals surface area contributed by atoms with E-state index in [2.05, 4.69) is 24.9 Å². The number of benzene rings is 2. The van der Waals surface area contributed by atoms with E-state index in [1.165, 1.54) is 28.0 Å². The van der Waals surface area contributed by atoms with Crippen LogP contribution < -0.4 is 15.0 Å². The van der Waals surface area contributed by atoms with Crippen LogP contribution >= 0.6 is 11.3 Å². The molecule has 5 nitrogen and oxygen atoms in total. The maximum absolute atomic E-state index is 12.8. The summed E-state index contributed by atoms with van der Waals surface area (Å²) in [6.45, 7) is 5.09. The number of H-pyrrole nitrogens is 1. The first-order valence-electron chi connectivity index (χ1n) is 11.1. The van der Waals surface area contributed by atoms with Crippen molar-refractivity contribution in [1.82, 2.24) is 9.97 Å². The van der Waals surface area contributed by atoms with Gasteiger partial charge in [-0.2, -0.15) is 0 Å². The second-order valence-corrected chi connectivity index (χ2v) is 9.36. The molecular weight excluding hydrogens is 420 g/mol. The zero-order valence-electron chi connectivity index (χ0n) is 18.4. The molecule has 0 atom stereocenters. The fourth-order valence-electron chi connectivity index (χ4n) is 4.13. The third kappa shape index (κ3) is 4.15. The minimum atomic E-state index is -0.0341. The topological polar surface area (TPSA) is 64.2 Å². The lowest BCUT2D eigenvalue weighted by atomic mass is 9.97. The number of hydrogen-bond donors (Lipinski definition) is 1. The molecule has 5 rings (SSSR count). The van der Waals surface area contributed by atoms with E-state index in [0.29, 0.717) is 19.0 Å². The summed E-state index contributed by atoms with van der Waals surface area (Å²) in [5.74, 6) is 2.21. The van der Waals surface area contributed by atoms with Gasteiger partial charge < -0.3 is 14.5 Å². The van der Waals surface area contributed by atoms with Crippen LogP contribution in [-0.4, -0.2) is 23.2 Å². The number of rotatable bonds is 6. The molecule has 32 heavy (non-hydrogen) atoms. The van der Waals surface area contributed by atoms with E-state index in [9.17, 15) is 4.79 Å². The van der Waals surface area contributed by atoms with Crippen LogP contribution in [0.15, 0.2) is 47.3 Å². The number of aromatic amines is 1. The van der Waals surface area contributed by atoms with E-state index >= 15 is 0 Å². The molecule has 6 heteroatoms. The van der Waals surface area contributed by atoms with Crippen molar-refractivity contribution in [3.05, 3.63) is 74.4 Å². The molecule has 164 valence electrons. The number of nitrogens with zero attached hydrogens (tertiary/aromatic N) is 1. The molecule has 0 bridgehead atoms. The molecule has 2 heterocycles. The molecule has 0 saturated heterocycles. The van der Waals surface area contributed by atoms with Crippen molar-refractivity contribution in [2.45, 2.75) is 39.5 Å². The second-order valence-electron chi connectivity index (χ2n) is 8.27. The van der Waals surface area contributed by atoms with Gasteiger partial charge in [-0.25, -0.2) is 4.98 Å². The second kappa shape index (κ2) is 8.79. The number of aryl methyl sites for hydroxylation is 4. The van der Waals surface area contributed by atoms with E-state index in [-0.39, 0.29) is 5.56 Å². The van der Waals surface area contributed by atoms with Crippen molar-refractivity contribution in [2.75, 3.05) is 13.2 Å². The third-order valence-electron chi connectivity index (χ3n) is 6.05. The minimum absolute atomic E-state index is 0.0341. The lowest BCUT2D eigenvalue weighted by Gasteiger charge is -2.10. The molecule has 0 saturated carbocycles. The van der Waals surface area contributed by atoms with Crippen molar-refractivity contribution in [3.63, 3.8) is 0 Å². The summed E-state index contributed by atoms with van der Waals surface area (Å²) in [5.41, 5.74) is 4.51. The van der Waals surface area contributed by atoms with Gasteiger partial charge >= 0.3 is 0 Å². The van der Waals surface area contributed by atoms with E-state index in [0.717, 1.165) is 46.5 Å². The number of hydrogen-bond acceptors (Lipinski definition) is 5. The molecule has 0 aliphatic heterocycles. The Balaban J connectivity index is 1.25. The predicted octanol–water partition coefficient (Wildman–Crippen LogP) is 5.61. The maximum Gasteiger partial charge on any atom is 0.260 e. The predicted molar refractivity (Wildman–Crippen MR) is 129 cm³/mol. The van der Waals surface area contributed by atoms with E-state index in [4.69, 9.17) is 14.5 Å². The van der Waals surface area contributed by atoms with Crippen molar-refractivity contribution in [1.29, 1.82) is 0 Å². The number of fused-ring (bicyclic) bond motifs is 3. The molecule has 0 unspecified atom stereocenters. The average Bonchev–Trinajstić information content (AvgIpc) is 3.18. The summed E-state index contributed by atoms with van der Waals surface area (Å²) in [6.07, 6.45) is 4.39. The molecule has 1 aliphatic carbocycles. The Morgan fingerprint density at radius 3 is 2.44 bits per heavy atom. The third-order valence-corrected chi connectivity index (χ3v) is 7.24. The average molecular weight is 447 g/mol. The molecule has 2 aromatic carbocycles. The summed E-state index contributed by atoms with van der Waals surface area (Å²) < 4.78 is 11.6. The number of thiophene rings is 1. The standard InChI is InChI=1S/C26H26N2O3S/c1-16-7-10-20(15-17(16)2)31-14-13-30-19-11-8-18(9-12-19)24-27-25(29)23-21-5-3-4-6-22(21)32-26(23)28-24/h7-12,15H,3-6,13-14H2,1-2H3,(H,27,28,29). The number of nitrogens with one attached hydrogen (secondary N) is 1. The van der Waals surface area contributed by atoms with Crippen molar-refractivity contribution < 1.29 is 9.47 Å². The van der Waals surface area contributed by atoms with Crippen molar-refractivity contribution >= 4 is 21.6 Å². The van der Waals surface area contributed by atoms with Crippen molar-refractivity contribution in [2.24, 2.45) is 0 Å². The molecule has 0 spiro atoms. The van der Waals surface area contributed by atoms with Crippen LogP contribution in [-0.2, 0) is 12.8 Å². The Bertz CT molecular complexity index is 1320. The van der Waals surface area contributed by atoms with Gasteiger partial charge in [0.15, 0.2) is 0 Å². The highest BCUT2D eigenvalue weighted by molar-refractivity contribution is 7.18. The SMILES string of the molecule is Cc1ccc(OCCOc2ccc(-c3nc4sc5c(c4c(=O)[nH]3)CCCC5)cc2)cc1C. The van der Waals surface area contributed by atoms with Gasteiger partial charge in [-0.3, -0.25) is 4.79 Å². The Labute approximate surface area is 191 Å². The van der Waals surface area contributed by atoms with Gasteiger partial charge in [-0.15, -0.1) is 11.3 Å². The van der Waals surface area contributed by atoms with Crippen LogP contribution in [0, 0.1) is 13.8 Å². The lowest BCUT2D eigenvalue weighted by Crippen LogP contribution is -2.11. The summed E-state index contributed by atoms with van der Waals surface area (Å²) in [5, 5.41) is 0.789. The normalized spacial score (nSPS) is 13.2. The summed E-state index contributed by atoms with van der Waals surface area (Å²) >= 11 is 1.67. The first kappa shape index (κ1) is 20.8. The Kier molecular flexibility index (Phi) is 5.70. The molecule has 2 aromatic heterocycles. The summed E-state index contributed by atoms with van der Waals surface area (Å²) in [4.78, 5) is 22.7. The van der Waals surface area contributed by atoms with Crippen LogP contribution in [0.5, 0.6) is 11.5 Å². The van der Waals surface area contributed by atoms with E-state index in [1.807, 2.05) is 36.4 Å². The molecule has 1 N–H and O–H groups in total. The van der Waals surface area contributed by atoms with Crippen molar-refractivity contribution in [3.8, 4) is 22.9 Å². The zero-order chi connectivity index (χ0) is 22.1. The Morgan fingerprint density at radius 2 is 1.66 bits per heavy atom. The van der Waals surface area contributed by atoms with Crippen LogP contribution in [0.3, 0.4) is 0 Å². The van der Waals surface area contributed by atoms with Crippen LogP contribution in [0.2, 0.25) is 0 Å². The lowest BCUT2D eigenvalue weighted by molar-refractivity contribution is 0.217. The van der Waals surface area contributed by atoms with Crippen LogP contribution in [0.4, 0.5) is 0 Å². The highest BCUT2D eigenvalue weighted by atomic mass is 32.1. The highest BCUT2D eigenvalue weighted by Gasteiger charge is 2.20.